The lowest BCUT2D eigenvalue weighted by Gasteiger charge is -2.16. The number of carbonyl (C=O) groups excluding carboxylic acids is 1. The van der Waals surface area contributed by atoms with Crippen LogP contribution in [0.4, 0.5) is 32.4 Å². The summed E-state index contributed by atoms with van der Waals surface area (Å²) in [6.07, 6.45) is -2.80. The number of nitrogens with one attached hydrogen (secondary N) is 2. The van der Waals surface area contributed by atoms with Gasteiger partial charge in [-0.1, -0.05) is 9.24 Å². The molecule has 1 aromatic rings. The normalized spacial score (nSPS) is 15.5. The molecule has 0 aromatic heterocycles. The van der Waals surface area contributed by atoms with E-state index in [1.165, 1.54) is 9.24 Å². The summed E-state index contributed by atoms with van der Waals surface area (Å²) in [7, 11) is 1.17. The molecule has 0 bridgehead atoms. The Morgan fingerprint density at radius 3 is 2.23 bits per heavy atom. The largest absolute Gasteiger partial charge is 0.416 e. The van der Waals surface area contributed by atoms with Crippen LogP contribution in [0.2, 0.25) is 0 Å². The van der Waals surface area contributed by atoms with Crippen molar-refractivity contribution in [2.45, 2.75) is 24.7 Å². The van der Waals surface area contributed by atoms with Crippen molar-refractivity contribution in [1.82, 2.24) is 5.32 Å². The number of anilines is 1. The fourth-order valence-electron chi connectivity index (χ4n) is 1.79. The van der Waals surface area contributed by atoms with Crippen LogP contribution < -0.4 is 10.6 Å². The van der Waals surface area contributed by atoms with Gasteiger partial charge in [0.2, 0.25) is 0 Å². The van der Waals surface area contributed by atoms with Crippen LogP contribution in [-0.2, 0) is 11.8 Å². The fourth-order valence-corrected chi connectivity index (χ4v) is 1.96. The lowest BCUT2D eigenvalue weighted by Crippen LogP contribution is -2.30. The average Bonchev–Trinajstić information content (AvgIpc) is 3.18. The van der Waals surface area contributed by atoms with E-state index in [-0.39, 0.29) is 5.69 Å². The van der Waals surface area contributed by atoms with Crippen LogP contribution in [0.25, 0.3) is 0 Å². The molecule has 1 fully saturated rings. The van der Waals surface area contributed by atoms with Crippen molar-refractivity contribution < 1.29 is 26.7 Å². The Hall–Kier alpha value is -1.43. The second-order valence-electron chi connectivity index (χ2n) is 5.20. The molecule has 2 N–H and O–H groups in total. The Bertz CT molecular complexity index is 534. The molecule has 1 unspecified atom stereocenters. The van der Waals surface area contributed by atoms with Crippen LogP contribution in [0.1, 0.15) is 24.0 Å². The van der Waals surface area contributed by atoms with Gasteiger partial charge < -0.3 is 10.6 Å². The highest BCUT2D eigenvalue weighted by Crippen LogP contribution is 2.40. The molecule has 2 amide bonds. The average molecular weight is 340 g/mol. The zero-order valence-electron chi connectivity index (χ0n) is 11.3. The van der Waals surface area contributed by atoms with Crippen molar-refractivity contribution in [3.63, 3.8) is 0 Å². The monoisotopic (exact) mass is 340 g/mol. The van der Waals surface area contributed by atoms with Gasteiger partial charge in [0.05, 0.1) is 5.56 Å². The highest BCUT2D eigenvalue weighted by Gasteiger charge is 2.34. The Labute approximate surface area is 125 Å². The molecule has 1 aliphatic carbocycles. The fraction of sp³-hybridized carbons (Fsp3) is 0.462. The topological polar surface area (TPSA) is 41.1 Å². The molecule has 1 atom stereocenters. The highest BCUT2D eigenvalue weighted by molar-refractivity contribution is 7.17. The molecule has 22 heavy (non-hydrogen) atoms. The van der Waals surface area contributed by atoms with Gasteiger partial charge in [0.25, 0.3) is 5.66 Å². The van der Waals surface area contributed by atoms with Crippen LogP contribution in [0.15, 0.2) is 18.2 Å². The predicted molar refractivity (Wildman–Crippen MR) is 74.8 cm³/mol. The summed E-state index contributed by atoms with van der Waals surface area (Å²) >= 11 is 0. The minimum atomic E-state index is -4.78. The van der Waals surface area contributed by atoms with Crippen molar-refractivity contribution in [1.29, 1.82) is 0 Å². The van der Waals surface area contributed by atoms with E-state index in [9.17, 15) is 26.7 Å². The van der Waals surface area contributed by atoms with Gasteiger partial charge in [0.15, 0.2) is 0 Å². The van der Waals surface area contributed by atoms with E-state index in [0.717, 1.165) is 18.9 Å². The van der Waals surface area contributed by atoms with E-state index in [1.54, 1.807) is 0 Å². The maximum absolute atomic E-state index is 13.3. The number of urea groups is 1. The molecule has 0 radical (unpaired) electrons. The molecule has 0 heterocycles. The highest BCUT2D eigenvalue weighted by atomic mass is 31.0. The van der Waals surface area contributed by atoms with Crippen LogP contribution in [0.5, 0.6) is 0 Å². The molecule has 1 saturated carbocycles. The van der Waals surface area contributed by atoms with Gasteiger partial charge in [-0.05, 0) is 37.0 Å². The molecule has 0 spiro atoms. The molecular formula is C13H14F5N2OP. The third-order valence-electron chi connectivity index (χ3n) is 3.15. The first-order valence-electron chi connectivity index (χ1n) is 6.50. The van der Waals surface area contributed by atoms with Crippen LogP contribution >= 0.6 is 9.24 Å². The third-order valence-corrected chi connectivity index (χ3v) is 3.48. The first kappa shape index (κ1) is 16.9. The smallest absolute Gasteiger partial charge is 0.338 e. The number of hydrogen-bond acceptors (Lipinski definition) is 1. The summed E-state index contributed by atoms with van der Waals surface area (Å²) in [6, 6.07) is 1.08. The van der Waals surface area contributed by atoms with E-state index in [2.05, 4.69) is 10.6 Å². The lowest BCUT2D eigenvalue weighted by molar-refractivity contribution is -0.137. The molecule has 1 aliphatic rings. The molecule has 9 heteroatoms. The quantitative estimate of drug-likeness (QED) is 0.627. The Morgan fingerprint density at radius 1 is 1.14 bits per heavy atom. The van der Waals surface area contributed by atoms with Crippen molar-refractivity contribution in [3.8, 4) is 0 Å². The first-order chi connectivity index (χ1) is 10.1. The van der Waals surface area contributed by atoms with Gasteiger partial charge in [-0.15, -0.1) is 0 Å². The number of alkyl halides is 5. The molecular weight excluding hydrogens is 326 g/mol. The van der Waals surface area contributed by atoms with E-state index >= 15 is 0 Å². The predicted octanol–water partition coefficient (Wildman–Crippen LogP) is 4.16. The summed E-state index contributed by atoms with van der Waals surface area (Å²) in [5.74, 6) is 0.388. The zero-order chi connectivity index (χ0) is 16.5. The summed E-state index contributed by atoms with van der Waals surface area (Å²) in [6.45, 7) is 0.414. The van der Waals surface area contributed by atoms with Crippen molar-refractivity contribution in [2.24, 2.45) is 5.92 Å². The number of carbonyl (C=O) groups is 1. The van der Waals surface area contributed by atoms with E-state index in [0.29, 0.717) is 24.6 Å². The minimum absolute atomic E-state index is 0.333. The van der Waals surface area contributed by atoms with E-state index in [4.69, 9.17) is 0 Å². The molecule has 122 valence electrons. The van der Waals surface area contributed by atoms with Crippen molar-refractivity contribution in [3.05, 3.63) is 29.3 Å². The molecule has 1 aromatic carbocycles. The molecule has 0 saturated heterocycles. The van der Waals surface area contributed by atoms with E-state index < -0.39 is 29.0 Å². The lowest BCUT2D eigenvalue weighted by atomic mass is 10.1. The summed E-state index contributed by atoms with van der Waals surface area (Å²) in [5, 5.41) is 4.64. The first-order valence-corrected chi connectivity index (χ1v) is 7.08. The Morgan fingerprint density at radius 2 is 1.73 bits per heavy atom. The molecule has 0 aliphatic heterocycles. The van der Waals surface area contributed by atoms with Gasteiger partial charge in [-0.2, -0.15) is 22.0 Å². The maximum Gasteiger partial charge on any atom is 0.416 e. The number of halogens is 5. The van der Waals surface area contributed by atoms with Crippen LogP contribution in [0, 0.1) is 5.92 Å². The van der Waals surface area contributed by atoms with Crippen molar-refractivity contribution in [2.75, 3.05) is 11.9 Å². The summed E-state index contributed by atoms with van der Waals surface area (Å²) in [4.78, 5) is 11.6. The maximum atomic E-state index is 13.3. The molecule has 3 nitrogen and oxygen atoms in total. The van der Waals surface area contributed by atoms with Crippen LogP contribution in [0.3, 0.4) is 0 Å². The number of amides is 2. The number of benzene rings is 1. The summed E-state index contributed by atoms with van der Waals surface area (Å²) < 4.78 is 64.8. The second-order valence-corrected chi connectivity index (χ2v) is 5.92. The standard InChI is InChI=1S/C13H14F5N2OP/c14-12(15,16)8-3-9(13(17,18)22)5-10(4-8)20-11(21)19-6-7-1-2-7/h3-5,7H,1-2,6,22H2,(H2,19,20,21). The van der Waals surface area contributed by atoms with Gasteiger partial charge >= 0.3 is 12.2 Å². The Balaban J connectivity index is 2.19. The molecule has 2 rings (SSSR count). The zero-order valence-corrected chi connectivity index (χ0v) is 12.5. The van der Waals surface area contributed by atoms with E-state index in [1.807, 2.05) is 0 Å². The van der Waals surface area contributed by atoms with Gasteiger partial charge in [0.1, 0.15) is 0 Å². The number of rotatable bonds is 4. The van der Waals surface area contributed by atoms with Gasteiger partial charge in [-0.3, -0.25) is 0 Å². The summed E-state index contributed by atoms with van der Waals surface area (Å²) in [5.41, 5.74) is -5.95. The minimum Gasteiger partial charge on any atom is -0.338 e. The SMILES string of the molecule is O=C(NCC1CC1)Nc1cc(C(F)(F)F)cc(C(F)(F)P)c1. The Kier molecular flexibility index (Phi) is 4.61. The van der Waals surface area contributed by atoms with Crippen LogP contribution in [-0.4, -0.2) is 12.6 Å². The van der Waals surface area contributed by atoms with Crippen molar-refractivity contribution >= 4 is 21.0 Å². The van der Waals surface area contributed by atoms with Gasteiger partial charge in [0, 0.05) is 17.8 Å². The second kappa shape index (κ2) is 5.99. The number of hydrogen-bond donors (Lipinski definition) is 2. The third kappa shape index (κ3) is 4.80. The van der Waals surface area contributed by atoms with Gasteiger partial charge in [-0.25, -0.2) is 4.79 Å².